The van der Waals surface area contributed by atoms with Gasteiger partial charge in [0.1, 0.15) is 0 Å². The predicted molar refractivity (Wildman–Crippen MR) is 74.0 cm³/mol. The Hall–Kier alpha value is -0.820. The molecule has 0 aliphatic heterocycles. The zero-order valence-electron chi connectivity index (χ0n) is 11.7. The summed E-state index contributed by atoms with van der Waals surface area (Å²) in [4.78, 5) is 0. The van der Waals surface area contributed by atoms with Gasteiger partial charge in [-0.2, -0.15) is 0 Å². The number of rotatable bonds is 6. The summed E-state index contributed by atoms with van der Waals surface area (Å²) >= 11 is 0. The molecule has 1 nitrogen and oxygen atoms in total. The molecule has 17 heavy (non-hydrogen) atoms. The van der Waals surface area contributed by atoms with Crippen molar-refractivity contribution in [3.63, 3.8) is 0 Å². The molecule has 0 spiro atoms. The summed E-state index contributed by atoms with van der Waals surface area (Å²) in [6.07, 6.45) is 2.39. The normalized spacial score (nSPS) is 13.6. The van der Waals surface area contributed by atoms with Gasteiger partial charge in [-0.25, -0.2) is 0 Å². The maximum absolute atomic E-state index is 5.75. The minimum Gasteiger partial charge on any atom is -0.377 e. The largest absolute Gasteiger partial charge is 0.377 e. The molecule has 0 aliphatic rings. The Morgan fingerprint density at radius 3 is 2.29 bits per heavy atom. The summed E-state index contributed by atoms with van der Waals surface area (Å²) in [6, 6.07) is 10.4. The van der Waals surface area contributed by atoms with Crippen molar-refractivity contribution in [2.75, 3.05) is 6.61 Å². The zero-order chi connectivity index (χ0) is 12.7. The molecule has 0 aromatic heterocycles. The predicted octanol–water partition coefficient (Wildman–Crippen LogP) is 4.67. The van der Waals surface area contributed by atoms with E-state index >= 15 is 0 Å². The number of benzene rings is 1. The molecule has 1 atom stereocenters. The summed E-state index contributed by atoms with van der Waals surface area (Å²) in [7, 11) is 0. The third kappa shape index (κ3) is 5.36. The molecule has 1 rings (SSSR count). The van der Waals surface area contributed by atoms with E-state index in [9.17, 15) is 0 Å². The third-order valence-corrected chi connectivity index (χ3v) is 3.44. The van der Waals surface area contributed by atoms with Crippen LogP contribution in [0.5, 0.6) is 0 Å². The van der Waals surface area contributed by atoms with Crippen molar-refractivity contribution in [3.05, 3.63) is 35.9 Å². The molecule has 0 N–H and O–H groups in total. The lowest BCUT2D eigenvalue weighted by Gasteiger charge is -2.29. The topological polar surface area (TPSA) is 9.23 Å². The average Bonchev–Trinajstić information content (AvgIpc) is 2.28. The van der Waals surface area contributed by atoms with Crippen LogP contribution in [0.25, 0.3) is 0 Å². The highest BCUT2D eigenvalue weighted by atomic mass is 16.5. The highest BCUT2D eigenvalue weighted by molar-refractivity contribution is 5.13. The molecule has 1 aromatic rings. The van der Waals surface area contributed by atoms with Gasteiger partial charge in [-0.1, -0.05) is 64.4 Å². The van der Waals surface area contributed by atoms with Crippen molar-refractivity contribution in [1.29, 1.82) is 0 Å². The first-order chi connectivity index (χ1) is 8.04. The molecule has 1 aromatic carbocycles. The van der Waals surface area contributed by atoms with Crippen molar-refractivity contribution >= 4 is 0 Å². The van der Waals surface area contributed by atoms with Crippen LogP contribution in [0.15, 0.2) is 30.3 Å². The van der Waals surface area contributed by atoms with E-state index in [1.807, 2.05) is 6.07 Å². The van der Waals surface area contributed by atoms with Gasteiger partial charge in [0.15, 0.2) is 0 Å². The van der Waals surface area contributed by atoms with Crippen molar-refractivity contribution < 1.29 is 4.74 Å². The van der Waals surface area contributed by atoms with Crippen molar-refractivity contribution in [2.24, 2.45) is 11.3 Å². The maximum Gasteiger partial charge on any atom is 0.0716 e. The first-order valence-electron chi connectivity index (χ1n) is 6.65. The van der Waals surface area contributed by atoms with Crippen LogP contribution in [-0.4, -0.2) is 6.61 Å². The fourth-order valence-corrected chi connectivity index (χ4v) is 2.24. The van der Waals surface area contributed by atoms with E-state index in [2.05, 4.69) is 52.0 Å². The number of ether oxygens (including phenoxy) is 1. The Morgan fingerprint density at radius 2 is 1.76 bits per heavy atom. The molecule has 1 heteroatoms. The lowest BCUT2D eigenvalue weighted by atomic mass is 9.77. The van der Waals surface area contributed by atoms with Crippen molar-refractivity contribution in [1.82, 2.24) is 0 Å². The van der Waals surface area contributed by atoms with Gasteiger partial charge < -0.3 is 4.74 Å². The monoisotopic (exact) mass is 234 g/mol. The first-order valence-corrected chi connectivity index (χ1v) is 6.65. The van der Waals surface area contributed by atoms with Crippen molar-refractivity contribution in [3.8, 4) is 0 Å². The van der Waals surface area contributed by atoms with E-state index in [-0.39, 0.29) is 0 Å². The molecule has 0 heterocycles. The van der Waals surface area contributed by atoms with Gasteiger partial charge >= 0.3 is 0 Å². The molecule has 0 unspecified atom stereocenters. The second kappa shape index (κ2) is 6.80. The smallest absolute Gasteiger partial charge is 0.0716 e. The average molecular weight is 234 g/mol. The summed E-state index contributed by atoms with van der Waals surface area (Å²) in [5.41, 5.74) is 1.65. The van der Waals surface area contributed by atoms with Gasteiger partial charge in [0, 0.05) is 6.61 Å². The second-order valence-corrected chi connectivity index (χ2v) is 5.80. The molecule has 0 radical (unpaired) electrons. The maximum atomic E-state index is 5.75. The zero-order valence-corrected chi connectivity index (χ0v) is 11.7. The summed E-state index contributed by atoms with van der Waals surface area (Å²) in [5, 5.41) is 0. The van der Waals surface area contributed by atoms with Gasteiger partial charge in [0.05, 0.1) is 6.61 Å². The van der Waals surface area contributed by atoms with E-state index in [4.69, 9.17) is 4.74 Å². The van der Waals surface area contributed by atoms with E-state index in [0.29, 0.717) is 5.41 Å². The summed E-state index contributed by atoms with van der Waals surface area (Å²) < 4.78 is 5.75. The summed E-state index contributed by atoms with van der Waals surface area (Å²) in [5.74, 6) is 0.748. The van der Waals surface area contributed by atoms with E-state index in [1.54, 1.807) is 0 Å². The Balaban J connectivity index is 2.24. The first kappa shape index (κ1) is 14.2. The van der Waals surface area contributed by atoms with E-state index in [1.165, 1.54) is 12.0 Å². The molecule has 0 saturated carbocycles. The second-order valence-electron chi connectivity index (χ2n) is 5.80. The molecule has 0 aliphatic carbocycles. The Morgan fingerprint density at radius 1 is 1.12 bits per heavy atom. The highest BCUT2D eigenvalue weighted by Crippen LogP contribution is 2.31. The van der Waals surface area contributed by atoms with Gasteiger partial charge in [-0.15, -0.1) is 0 Å². The minimum atomic E-state index is 0.394. The fourth-order valence-electron chi connectivity index (χ4n) is 2.24. The fraction of sp³-hybridized carbons (Fsp3) is 0.625. The molecule has 0 amide bonds. The third-order valence-electron chi connectivity index (χ3n) is 3.44. The molecule has 96 valence electrons. The number of hydrogen-bond acceptors (Lipinski definition) is 1. The number of hydrogen-bond donors (Lipinski definition) is 0. The van der Waals surface area contributed by atoms with E-state index < -0.39 is 0 Å². The van der Waals surface area contributed by atoms with Crippen LogP contribution in [-0.2, 0) is 11.3 Å². The van der Waals surface area contributed by atoms with Crippen LogP contribution in [0.2, 0.25) is 0 Å². The Kier molecular flexibility index (Phi) is 5.70. The van der Waals surface area contributed by atoms with Gasteiger partial charge in [-0.05, 0) is 23.3 Å². The quantitative estimate of drug-likeness (QED) is 0.650. The van der Waals surface area contributed by atoms with E-state index in [0.717, 1.165) is 25.6 Å². The van der Waals surface area contributed by atoms with Crippen LogP contribution in [0.1, 0.15) is 46.1 Å². The molecule has 0 bridgehead atoms. The van der Waals surface area contributed by atoms with Gasteiger partial charge in [0.25, 0.3) is 0 Å². The molecule has 0 saturated heterocycles. The van der Waals surface area contributed by atoms with Crippen LogP contribution >= 0.6 is 0 Å². The lowest BCUT2D eigenvalue weighted by molar-refractivity contribution is 0.0854. The minimum absolute atomic E-state index is 0.394. The van der Waals surface area contributed by atoms with Crippen LogP contribution in [0, 0.1) is 11.3 Å². The Labute approximate surface area is 106 Å². The molecule has 0 fully saturated rings. The van der Waals surface area contributed by atoms with Gasteiger partial charge in [-0.3, -0.25) is 0 Å². The Bertz CT molecular complexity index is 297. The lowest BCUT2D eigenvalue weighted by Crippen LogP contribution is -2.21. The van der Waals surface area contributed by atoms with Crippen LogP contribution in [0.3, 0.4) is 0 Å². The standard InChI is InChI=1S/C16H26O/c1-5-15(16(2,3)4)11-12-17-13-14-9-7-6-8-10-14/h6-10,15H,5,11-13H2,1-4H3/t15-/m0/s1. The van der Waals surface area contributed by atoms with Crippen LogP contribution in [0.4, 0.5) is 0 Å². The van der Waals surface area contributed by atoms with Crippen molar-refractivity contribution in [2.45, 2.75) is 47.1 Å². The van der Waals surface area contributed by atoms with Crippen LogP contribution < -0.4 is 0 Å². The molecular weight excluding hydrogens is 208 g/mol. The summed E-state index contributed by atoms with van der Waals surface area (Å²) in [6.45, 7) is 10.8. The molecular formula is C16H26O. The SMILES string of the molecule is CC[C@@H](CCOCc1ccccc1)C(C)(C)C. The van der Waals surface area contributed by atoms with Gasteiger partial charge in [0.2, 0.25) is 0 Å². The highest BCUT2D eigenvalue weighted by Gasteiger charge is 2.22.